The molecule has 0 bridgehead atoms. The van der Waals surface area contributed by atoms with E-state index in [1.165, 1.54) is 0 Å². The first kappa shape index (κ1) is 12.6. The van der Waals surface area contributed by atoms with Gasteiger partial charge < -0.3 is 5.32 Å². The van der Waals surface area contributed by atoms with E-state index in [4.69, 9.17) is 0 Å². The van der Waals surface area contributed by atoms with Gasteiger partial charge >= 0.3 is 0 Å². The molecule has 0 saturated heterocycles. The van der Waals surface area contributed by atoms with Crippen molar-refractivity contribution in [2.24, 2.45) is 5.92 Å². The number of amides is 1. The smallest absolute Gasteiger partial charge is 0.254 e. The van der Waals surface area contributed by atoms with Gasteiger partial charge in [-0.25, -0.2) is 8.42 Å². The molecule has 0 aromatic rings. The van der Waals surface area contributed by atoms with E-state index in [1.54, 1.807) is 7.05 Å². The van der Waals surface area contributed by atoms with Crippen LogP contribution in [-0.2, 0) is 14.8 Å². The fraction of sp³-hybridized carbons (Fsp3) is 0.727. The molecule has 0 aromatic carbocycles. The van der Waals surface area contributed by atoms with Crippen molar-refractivity contribution in [3.05, 3.63) is 12.2 Å². The van der Waals surface area contributed by atoms with Crippen LogP contribution in [-0.4, -0.2) is 32.2 Å². The predicted molar refractivity (Wildman–Crippen MR) is 64.8 cm³/mol. The molecule has 2 fully saturated rings. The molecule has 2 unspecified atom stereocenters. The fourth-order valence-corrected chi connectivity index (χ4v) is 3.46. The number of sulfonamides is 1. The van der Waals surface area contributed by atoms with Gasteiger partial charge in [0.2, 0.25) is 10.0 Å². The topological polar surface area (TPSA) is 75.3 Å². The molecule has 2 N–H and O–H groups in total. The van der Waals surface area contributed by atoms with Gasteiger partial charge in [0, 0.05) is 5.92 Å². The van der Waals surface area contributed by atoms with Crippen LogP contribution < -0.4 is 10.0 Å². The minimum Gasteiger partial charge on any atom is -0.306 e. The van der Waals surface area contributed by atoms with Crippen molar-refractivity contribution in [3.63, 3.8) is 0 Å². The summed E-state index contributed by atoms with van der Waals surface area (Å²) in [5.74, 6) is -0.332. The number of hydrogen-bond acceptors (Lipinski definition) is 4. The van der Waals surface area contributed by atoms with Gasteiger partial charge in [-0.2, -0.15) is 0 Å². The highest BCUT2D eigenvalue weighted by atomic mass is 32.2. The Morgan fingerprint density at radius 3 is 2.53 bits per heavy atom. The van der Waals surface area contributed by atoms with Gasteiger partial charge in [-0.3, -0.25) is 9.52 Å². The number of nitrogens with one attached hydrogen (secondary N) is 2. The molecule has 0 heterocycles. The first-order valence-corrected chi connectivity index (χ1v) is 7.38. The highest BCUT2D eigenvalue weighted by molar-refractivity contribution is 7.90. The molecule has 0 aromatic heterocycles. The highest BCUT2D eigenvalue weighted by Gasteiger charge is 2.58. The maximum atomic E-state index is 12.0. The lowest BCUT2D eigenvalue weighted by atomic mass is 10.2. The van der Waals surface area contributed by atoms with Crippen molar-refractivity contribution in [3.8, 4) is 0 Å². The van der Waals surface area contributed by atoms with Gasteiger partial charge in [-0.05, 0) is 33.2 Å². The Labute approximate surface area is 102 Å². The van der Waals surface area contributed by atoms with E-state index in [0.29, 0.717) is 19.3 Å². The summed E-state index contributed by atoms with van der Waals surface area (Å²) in [5, 5.41) is 2.58. The number of carbonyl (C=O) groups excluding carboxylic acids is 1. The van der Waals surface area contributed by atoms with E-state index in [2.05, 4.69) is 10.0 Å². The molecular formula is C11H18N2O3S. The van der Waals surface area contributed by atoms with Gasteiger partial charge in [-0.15, -0.1) is 0 Å². The zero-order chi connectivity index (χ0) is 12.7. The second-order valence-corrected chi connectivity index (χ2v) is 6.69. The normalized spacial score (nSPS) is 32.7. The number of rotatable bonds is 5. The molecule has 1 amide bonds. The number of allylic oxidation sites excluding steroid dienone is 1. The Kier molecular flexibility index (Phi) is 3.03. The van der Waals surface area contributed by atoms with E-state index in [1.807, 2.05) is 19.1 Å². The summed E-state index contributed by atoms with van der Waals surface area (Å²) in [6.45, 7) is 1.89. The third-order valence-electron chi connectivity index (χ3n) is 3.49. The van der Waals surface area contributed by atoms with Gasteiger partial charge in [-0.1, -0.05) is 12.2 Å². The molecule has 2 saturated carbocycles. The second kappa shape index (κ2) is 4.10. The summed E-state index contributed by atoms with van der Waals surface area (Å²) in [4.78, 5) is 12.0. The molecule has 0 aliphatic heterocycles. The van der Waals surface area contributed by atoms with Crippen molar-refractivity contribution in [1.29, 1.82) is 0 Å². The van der Waals surface area contributed by atoms with Crippen LogP contribution in [0.2, 0.25) is 0 Å². The quantitative estimate of drug-likeness (QED) is 0.688. The molecule has 2 atom stereocenters. The summed E-state index contributed by atoms with van der Waals surface area (Å²) >= 11 is 0. The Bertz CT molecular complexity index is 453. The van der Waals surface area contributed by atoms with Gasteiger partial charge in [0.15, 0.2) is 0 Å². The molecule has 6 heteroatoms. The number of likely N-dealkylation sites (N-methyl/N-ethyl adjacent to an activating group) is 1. The standard InChI is InChI=1S/C11H18N2O3S/c1-3-4-8-7-11(8,12-2)10(14)13-17(15,16)9-5-6-9/h3-4,8-9,12H,5-7H2,1-2H3,(H,13,14). The zero-order valence-corrected chi connectivity index (χ0v) is 10.9. The summed E-state index contributed by atoms with van der Waals surface area (Å²) in [6.07, 6.45) is 5.78. The van der Waals surface area contributed by atoms with Crippen LogP contribution >= 0.6 is 0 Å². The van der Waals surface area contributed by atoms with E-state index >= 15 is 0 Å². The average Bonchev–Trinajstić information content (AvgIpc) is 3.13. The SMILES string of the molecule is CC=CC1CC1(NC)C(=O)NS(=O)(=O)C1CC1. The van der Waals surface area contributed by atoms with E-state index in [-0.39, 0.29) is 11.2 Å². The number of carbonyl (C=O) groups is 1. The molecule has 2 aliphatic carbocycles. The van der Waals surface area contributed by atoms with Crippen molar-refractivity contribution < 1.29 is 13.2 Å². The minimum absolute atomic E-state index is 0.0897. The Morgan fingerprint density at radius 2 is 2.06 bits per heavy atom. The summed E-state index contributed by atoms with van der Waals surface area (Å²) < 4.78 is 25.6. The summed E-state index contributed by atoms with van der Waals surface area (Å²) in [7, 11) is -1.75. The lowest BCUT2D eigenvalue weighted by Gasteiger charge is -2.15. The Morgan fingerprint density at radius 1 is 1.41 bits per heavy atom. The van der Waals surface area contributed by atoms with Crippen LogP contribution in [0.3, 0.4) is 0 Å². The van der Waals surface area contributed by atoms with Crippen LogP contribution in [0.4, 0.5) is 0 Å². The van der Waals surface area contributed by atoms with Gasteiger partial charge in [0.1, 0.15) is 5.54 Å². The largest absolute Gasteiger partial charge is 0.306 e. The van der Waals surface area contributed by atoms with Gasteiger partial charge in [0.25, 0.3) is 5.91 Å². The van der Waals surface area contributed by atoms with Crippen molar-refractivity contribution in [2.45, 2.75) is 37.0 Å². The van der Waals surface area contributed by atoms with Gasteiger partial charge in [0.05, 0.1) is 5.25 Å². The molecule has 0 radical (unpaired) electrons. The van der Waals surface area contributed by atoms with Crippen molar-refractivity contribution in [2.75, 3.05) is 7.05 Å². The van der Waals surface area contributed by atoms with Crippen molar-refractivity contribution >= 4 is 15.9 Å². The first-order chi connectivity index (χ1) is 7.96. The molecule has 17 heavy (non-hydrogen) atoms. The maximum Gasteiger partial charge on any atom is 0.254 e. The Balaban J connectivity index is 2.05. The number of hydrogen-bond donors (Lipinski definition) is 2. The highest BCUT2D eigenvalue weighted by Crippen LogP contribution is 2.44. The van der Waals surface area contributed by atoms with E-state index in [0.717, 1.165) is 0 Å². The van der Waals surface area contributed by atoms with Crippen LogP contribution in [0.1, 0.15) is 26.2 Å². The Hall–Kier alpha value is -0.880. The van der Waals surface area contributed by atoms with Crippen LogP contribution in [0.5, 0.6) is 0 Å². The van der Waals surface area contributed by atoms with E-state index < -0.39 is 21.5 Å². The van der Waals surface area contributed by atoms with Crippen LogP contribution in [0.25, 0.3) is 0 Å². The molecule has 96 valence electrons. The van der Waals surface area contributed by atoms with Crippen LogP contribution in [0, 0.1) is 5.92 Å². The predicted octanol–water partition coefficient (Wildman–Crippen LogP) is 0.149. The maximum absolute atomic E-state index is 12.0. The summed E-state index contributed by atoms with van der Waals surface area (Å²) in [6, 6.07) is 0. The fourth-order valence-electron chi connectivity index (χ4n) is 2.10. The third-order valence-corrected chi connectivity index (χ3v) is 5.31. The molecular weight excluding hydrogens is 240 g/mol. The molecule has 5 nitrogen and oxygen atoms in total. The lowest BCUT2D eigenvalue weighted by Crippen LogP contribution is -2.49. The lowest BCUT2D eigenvalue weighted by molar-refractivity contribution is -0.122. The summed E-state index contributed by atoms with van der Waals surface area (Å²) in [5.41, 5.74) is -0.728. The average molecular weight is 258 g/mol. The monoisotopic (exact) mass is 258 g/mol. The third kappa shape index (κ3) is 2.24. The first-order valence-electron chi connectivity index (χ1n) is 5.84. The second-order valence-electron chi connectivity index (χ2n) is 4.73. The van der Waals surface area contributed by atoms with Crippen molar-refractivity contribution in [1.82, 2.24) is 10.0 Å². The molecule has 2 rings (SSSR count). The van der Waals surface area contributed by atoms with Crippen LogP contribution in [0.15, 0.2) is 12.2 Å². The molecule has 2 aliphatic rings. The zero-order valence-electron chi connectivity index (χ0n) is 10.1. The molecule has 0 spiro atoms. The van der Waals surface area contributed by atoms with E-state index in [9.17, 15) is 13.2 Å². The minimum atomic E-state index is -3.44.